The highest BCUT2D eigenvalue weighted by molar-refractivity contribution is 5.33. The van der Waals surface area contributed by atoms with Gasteiger partial charge in [-0.25, -0.2) is 0 Å². The van der Waals surface area contributed by atoms with Crippen molar-refractivity contribution in [2.24, 2.45) is 0 Å². The van der Waals surface area contributed by atoms with Crippen molar-refractivity contribution in [2.75, 3.05) is 6.61 Å². The van der Waals surface area contributed by atoms with Crippen LogP contribution >= 0.6 is 0 Å². The van der Waals surface area contributed by atoms with E-state index in [1.807, 2.05) is 0 Å². The van der Waals surface area contributed by atoms with Crippen molar-refractivity contribution in [1.82, 2.24) is 0 Å². The van der Waals surface area contributed by atoms with Crippen LogP contribution in [0.5, 0.6) is 0 Å². The second-order valence-corrected chi connectivity index (χ2v) is 3.76. The van der Waals surface area contributed by atoms with E-state index >= 15 is 0 Å². The van der Waals surface area contributed by atoms with Crippen LogP contribution in [-0.2, 0) is 4.74 Å². The molecule has 0 aromatic carbocycles. The SMILES string of the molecule is CC(C)=C1CCCOC1=C(C)C. The normalized spacial score (nSPS) is 17.3. The average molecular weight is 166 g/mol. The molecule has 1 heteroatoms. The molecular weight excluding hydrogens is 148 g/mol. The fourth-order valence-corrected chi connectivity index (χ4v) is 1.55. The summed E-state index contributed by atoms with van der Waals surface area (Å²) < 4.78 is 5.64. The number of hydrogen-bond donors (Lipinski definition) is 0. The molecule has 1 heterocycles. The summed E-state index contributed by atoms with van der Waals surface area (Å²) in [5.41, 5.74) is 4.11. The molecule has 1 aliphatic heterocycles. The van der Waals surface area contributed by atoms with Crippen molar-refractivity contribution >= 4 is 0 Å². The van der Waals surface area contributed by atoms with Crippen LogP contribution in [-0.4, -0.2) is 6.61 Å². The van der Waals surface area contributed by atoms with Gasteiger partial charge in [0, 0.05) is 0 Å². The van der Waals surface area contributed by atoms with Crippen LogP contribution in [0.1, 0.15) is 40.5 Å². The summed E-state index contributed by atoms with van der Waals surface area (Å²) in [6.07, 6.45) is 2.35. The van der Waals surface area contributed by atoms with Crippen LogP contribution in [0.15, 0.2) is 22.5 Å². The van der Waals surface area contributed by atoms with Crippen LogP contribution in [0.25, 0.3) is 0 Å². The first kappa shape index (κ1) is 9.37. The molecule has 1 nitrogen and oxygen atoms in total. The molecule has 0 aromatic heterocycles. The molecule has 0 unspecified atom stereocenters. The van der Waals surface area contributed by atoms with Crippen molar-refractivity contribution in [3.63, 3.8) is 0 Å². The van der Waals surface area contributed by atoms with E-state index in [2.05, 4.69) is 27.7 Å². The lowest BCUT2D eigenvalue weighted by Crippen LogP contribution is -2.08. The summed E-state index contributed by atoms with van der Waals surface area (Å²) in [6.45, 7) is 9.43. The lowest BCUT2D eigenvalue weighted by atomic mass is 9.99. The second kappa shape index (κ2) is 3.79. The highest BCUT2D eigenvalue weighted by atomic mass is 16.5. The Morgan fingerprint density at radius 1 is 1.08 bits per heavy atom. The average Bonchev–Trinajstić information content (AvgIpc) is 2.04. The van der Waals surface area contributed by atoms with Crippen molar-refractivity contribution in [3.8, 4) is 0 Å². The van der Waals surface area contributed by atoms with E-state index in [9.17, 15) is 0 Å². The summed E-state index contributed by atoms with van der Waals surface area (Å²) >= 11 is 0. The maximum absolute atomic E-state index is 5.64. The van der Waals surface area contributed by atoms with Gasteiger partial charge in [-0.15, -0.1) is 0 Å². The summed E-state index contributed by atoms with van der Waals surface area (Å²) in [4.78, 5) is 0. The van der Waals surface area contributed by atoms with Gasteiger partial charge in [-0.1, -0.05) is 5.57 Å². The van der Waals surface area contributed by atoms with Gasteiger partial charge in [0.15, 0.2) is 0 Å². The minimum Gasteiger partial charge on any atom is -0.493 e. The van der Waals surface area contributed by atoms with Crippen LogP contribution in [0.4, 0.5) is 0 Å². The van der Waals surface area contributed by atoms with Gasteiger partial charge in [-0.3, -0.25) is 0 Å². The van der Waals surface area contributed by atoms with E-state index in [4.69, 9.17) is 4.74 Å². The molecule has 0 atom stereocenters. The van der Waals surface area contributed by atoms with Crippen molar-refractivity contribution in [3.05, 3.63) is 22.5 Å². The molecular formula is C11H18O. The topological polar surface area (TPSA) is 9.23 Å². The number of hydrogen-bond acceptors (Lipinski definition) is 1. The largest absolute Gasteiger partial charge is 0.493 e. The lowest BCUT2D eigenvalue weighted by molar-refractivity contribution is 0.190. The van der Waals surface area contributed by atoms with Crippen LogP contribution in [0.2, 0.25) is 0 Å². The first-order valence-corrected chi connectivity index (χ1v) is 4.60. The summed E-state index contributed by atoms with van der Waals surface area (Å²) in [6, 6.07) is 0. The van der Waals surface area contributed by atoms with Crippen molar-refractivity contribution in [1.29, 1.82) is 0 Å². The van der Waals surface area contributed by atoms with E-state index < -0.39 is 0 Å². The zero-order valence-electron chi connectivity index (χ0n) is 8.53. The number of ether oxygens (including phenoxy) is 1. The fourth-order valence-electron chi connectivity index (χ4n) is 1.55. The minimum atomic E-state index is 0.886. The molecule has 0 N–H and O–H groups in total. The molecule has 1 saturated heterocycles. The van der Waals surface area contributed by atoms with Crippen molar-refractivity contribution < 1.29 is 4.74 Å². The molecule has 0 bridgehead atoms. The predicted molar refractivity (Wildman–Crippen MR) is 51.9 cm³/mol. The maximum atomic E-state index is 5.64. The van der Waals surface area contributed by atoms with Gasteiger partial charge in [0.05, 0.1) is 6.61 Å². The fraction of sp³-hybridized carbons (Fsp3) is 0.636. The monoisotopic (exact) mass is 166 g/mol. The molecule has 0 radical (unpaired) electrons. The zero-order valence-corrected chi connectivity index (χ0v) is 8.53. The predicted octanol–water partition coefficient (Wildman–Crippen LogP) is 3.43. The van der Waals surface area contributed by atoms with Gasteiger partial charge < -0.3 is 4.74 Å². The van der Waals surface area contributed by atoms with E-state index in [1.165, 1.54) is 23.1 Å². The Bertz CT molecular complexity index is 199. The third kappa shape index (κ3) is 1.90. The van der Waals surface area contributed by atoms with Gasteiger partial charge in [-0.05, 0) is 51.7 Å². The lowest BCUT2D eigenvalue weighted by Gasteiger charge is -2.22. The standard InChI is InChI=1S/C11H18O/c1-8(2)10-6-5-7-12-11(10)9(3)4/h5-7H2,1-4H3. The van der Waals surface area contributed by atoms with Gasteiger partial charge in [0.1, 0.15) is 5.76 Å². The van der Waals surface area contributed by atoms with E-state index in [1.54, 1.807) is 0 Å². The molecule has 0 saturated carbocycles. The Kier molecular flexibility index (Phi) is 2.96. The summed E-state index contributed by atoms with van der Waals surface area (Å²) in [5, 5.41) is 0. The summed E-state index contributed by atoms with van der Waals surface area (Å²) in [5.74, 6) is 1.14. The quantitative estimate of drug-likeness (QED) is 0.535. The molecule has 12 heavy (non-hydrogen) atoms. The zero-order chi connectivity index (χ0) is 9.14. The smallest absolute Gasteiger partial charge is 0.121 e. The maximum Gasteiger partial charge on any atom is 0.121 e. The Balaban J connectivity index is 2.98. The first-order chi connectivity index (χ1) is 5.63. The van der Waals surface area contributed by atoms with Crippen molar-refractivity contribution in [2.45, 2.75) is 40.5 Å². The van der Waals surface area contributed by atoms with Gasteiger partial charge in [0.2, 0.25) is 0 Å². The van der Waals surface area contributed by atoms with E-state index in [0.717, 1.165) is 18.8 Å². The third-order valence-electron chi connectivity index (χ3n) is 2.15. The molecule has 1 fully saturated rings. The highest BCUT2D eigenvalue weighted by Crippen LogP contribution is 2.28. The Morgan fingerprint density at radius 3 is 2.17 bits per heavy atom. The van der Waals surface area contributed by atoms with E-state index in [-0.39, 0.29) is 0 Å². The Morgan fingerprint density at radius 2 is 1.75 bits per heavy atom. The van der Waals surface area contributed by atoms with Crippen LogP contribution in [0, 0.1) is 0 Å². The van der Waals surface area contributed by atoms with Gasteiger partial charge in [0.25, 0.3) is 0 Å². The molecule has 1 aliphatic rings. The number of rotatable bonds is 0. The van der Waals surface area contributed by atoms with Crippen LogP contribution < -0.4 is 0 Å². The summed E-state index contributed by atoms with van der Waals surface area (Å²) in [7, 11) is 0. The van der Waals surface area contributed by atoms with E-state index in [0.29, 0.717) is 0 Å². The Labute approximate surface area is 75.1 Å². The minimum absolute atomic E-state index is 0.886. The van der Waals surface area contributed by atoms with Gasteiger partial charge in [-0.2, -0.15) is 0 Å². The second-order valence-electron chi connectivity index (χ2n) is 3.76. The number of allylic oxidation sites excluding steroid dienone is 3. The highest BCUT2D eigenvalue weighted by Gasteiger charge is 2.14. The Hall–Kier alpha value is -0.720. The van der Waals surface area contributed by atoms with Gasteiger partial charge >= 0.3 is 0 Å². The molecule has 0 aromatic rings. The van der Waals surface area contributed by atoms with Crippen LogP contribution in [0.3, 0.4) is 0 Å². The molecule has 1 rings (SSSR count). The molecule has 68 valence electrons. The third-order valence-corrected chi connectivity index (χ3v) is 2.15. The first-order valence-electron chi connectivity index (χ1n) is 4.60. The molecule has 0 aliphatic carbocycles. The molecule has 0 spiro atoms. The molecule has 0 amide bonds.